The highest BCUT2D eigenvalue weighted by molar-refractivity contribution is 7.92. The maximum absolute atomic E-state index is 15.4. The predicted molar refractivity (Wildman–Crippen MR) is 225 cm³/mol. The fourth-order valence-electron chi connectivity index (χ4n) is 8.44. The van der Waals surface area contributed by atoms with Gasteiger partial charge in [0.05, 0.1) is 33.9 Å². The van der Waals surface area contributed by atoms with E-state index in [1.807, 2.05) is 0 Å². The highest BCUT2D eigenvalue weighted by Crippen LogP contribution is 2.52. The SMILES string of the molecule is C[C@H]1CC(F)(F)c2c1c(C(F)(F)F)nn2CC(=O)N[C@@H](Cc1cc(F)cc(F)c1)c1nc(C#CC(C)(C)S(C)(=O)=O)c2c(c1-c1ccc(Cl)c3c(NS(C)(=O)=O)nn(CC(F)(F)F)c13)CCC2. The third-order valence-electron chi connectivity index (χ3n) is 11.4. The van der Waals surface area contributed by atoms with Crippen molar-refractivity contribution in [3.63, 3.8) is 0 Å². The van der Waals surface area contributed by atoms with Crippen molar-refractivity contribution in [2.75, 3.05) is 17.2 Å². The van der Waals surface area contributed by atoms with Gasteiger partial charge in [-0.25, -0.2) is 30.6 Å². The number of anilines is 1. The van der Waals surface area contributed by atoms with Crippen LogP contribution in [0.4, 0.5) is 49.7 Å². The number of hydrogen-bond acceptors (Lipinski definition) is 8. The second-order valence-corrected chi connectivity index (χ2v) is 21.8. The Morgan fingerprint density at radius 2 is 1.61 bits per heavy atom. The first kappa shape index (κ1) is 49.5. The number of pyridine rings is 1. The summed E-state index contributed by atoms with van der Waals surface area (Å²) < 4.78 is 197. The van der Waals surface area contributed by atoms with Crippen LogP contribution >= 0.6 is 11.6 Å². The van der Waals surface area contributed by atoms with Crippen LogP contribution in [0.25, 0.3) is 22.0 Å². The second kappa shape index (κ2) is 17.0. The van der Waals surface area contributed by atoms with Crippen molar-refractivity contribution in [1.29, 1.82) is 0 Å². The quantitative estimate of drug-likeness (QED) is 0.0985. The fraction of sp³-hybridized carbons (Fsp3) is 0.429. The highest BCUT2D eigenvalue weighted by atomic mass is 35.5. The fourth-order valence-corrected chi connectivity index (χ4v) is 9.42. The molecule has 1 amide bonds. The first-order valence-corrected chi connectivity index (χ1v) is 24.2. The Hall–Kier alpha value is -5.41. The van der Waals surface area contributed by atoms with Crippen LogP contribution < -0.4 is 10.0 Å². The van der Waals surface area contributed by atoms with E-state index in [9.17, 15) is 56.8 Å². The number of benzene rings is 2. The first-order chi connectivity index (χ1) is 30.7. The molecule has 2 aromatic carbocycles. The minimum Gasteiger partial charge on any atom is -0.346 e. The molecule has 2 N–H and O–H groups in total. The summed E-state index contributed by atoms with van der Waals surface area (Å²) in [5.41, 5.74) is -4.07. The normalized spacial score (nSPS) is 16.7. The molecule has 0 saturated heterocycles. The van der Waals surface area contributed by atoms with Gasteiger partial charge in [-0.3, -0.25) is 18.9 Å². The molecule has 5 aromatic rings. The van der Waals surface area contributed by atoms with Gasteiger partial charge in [0.15, 0.2) is 21.3 Å². The molecule has 0 unspecified atom stereocenters. The van der Waals surface area contributed by atoms with Crippen molar-refractivity contribution in [3.8, 4) is 23.0 Å². The van der Waals surface area contributed by atoms with Crippen molar-refractivity contribution in [3.05, 3.63) is 92.0 Å². The maximum Gasteiger partial charge on any atom is 0.435 e. The number of sulfonamides is 1. The van der Waals surface area contributed by atoms with Crippen molar-refractivity contribution in [2.45, 2.75) is 101 Å². The Balaban J connectivity index is 1.53. The molecule has 0 aliphatic heterocycles. The van der Waals surface area contributed by atoms with Crippen molar-refractivity contribution in [1.82, 2.24) is 29.9 Å². The minimum absolute atomic E-state index is 0.0433. The van der Waals surface area contributed by atoms with E-state index in [4.69, 9.17) is 16.6 Å². The Morgan fingerprint density at radius 3 is 2.21 bits per heavy atom. The third kappa shape index (κ3) is 10.1. The summed E-state index contributed by atoms with van der Waals surface area (Å²) >= 11 is 6.57. The van der Waals surface area contributed by atoms with Crippen LogP contribution in [0.15, 0.2) is 30.3 Å². The van der Waals surface area contributed by atoms with Crippen LogP contribution in [0.1, 0.15) is 90.6 Å². The summed E-state index contributed by atoms with van der Waals surface area (Å²) in [6.07, 6.45) is -9.52. The van der Waals surface area contributed by atoms with Crippen LogP contribution in [0.3, 0.4) is 0 Å². The number of carbonyl (C=O) groups is 1. The van der Waals surface area contributed by atoms with E-state index in [0.717, 1.165) is 25.3 Å². The molecule has 0 bridgehead atoms. The highest BCUT2D eigenvalue weighted by Gasteiger charge is 2.53. The second-order valence-electron chi connectivity index (χ2n) is 17.1. The number of hydrogen-bond donors (Lipinski definition) is 2. The number of alkyl halides is 8. The van der Waals surface area contributed by atoms with E-state index < -0.39 is 127 Å². The Labute approximate surface area is 381 Å². The molecule has 3 aromatic heterocycles. The summed E-state index contributed by atoms with van der Waals surface area (Å²) in [4.78, 5) is 19.0. The number of carbonyl (C=O) groups excluding carboxylic acids is 1. The molecule has 0 saturated carbocycles. The molecule has 7 rings (SSSR count). The van der Waals surface area contributed by atoms with Crippen LogP contribution in [0, 0.1) is 23.5 Å². The van der Waals surface area contributed by atoms with E-state index in [1.54, 1.807) is 0 Å². The lowest BCUT2D eigenvalue weighted by molar-refractivity contribution is -0.143. The van der Waals surface area contributed by atoms with E-state index in [-0.39, 0.29) is 56.0 Å². The van der Waals surface area contributed by atoms with Gasteiger partial charge in [0.1, 0.15) is 40.9 Å². The number of sulfone groups is 1. The molecule has 2 aliphatic carbocycles. The molecular weight excluding hydrogens is 972 g/mol. The van der Waals surface area contributed by atoms with E-state index in [1.165, 1.54) is 26.0 Å². The van der Waals surface area contributed by atoms with E-state index in [0.29, 0.717) is 34.6 Å². The Bertz CT molecular complexity index is 3140. The van der Waals surface area contributed by atoms with Gasteiger partial charge in [-0.05, 0) is 86.3 Å². The topological polar surface area (TPSA) is 158 Å². The zero-order valence-corrected chi connectivity index (χ0v) is 38.1. The van der Waals surface area contributed by atoms with Gasteiger partial charge < -0.3 is 5.32 Å². The molecule has 0 fully saturated rings. The van der Waals surface area contributed by atoms with Gasteiger partial charge in [-0.1, -0.05) is 30.5 Å². The molecule has 2 atom stereocenters. The summed E-state index contributed by atoms with van der Waals surface area (Å²) in [5, 5.41) is 9.25. The molecule has 12 nitrogen and oxygen atoms in total. The zero-order valence-electron chi connectivity index (χ0n) is 35.7. The summed E-state index contributed by atoms with van der Waals surface area (Å²) in [6, 6.07) is 3.04. The number of amides is 1. The summed E-state index contributed by atoms with van der Waals surface area (Å²) in [5.74, 6) is -3.82. The van der Waals surface area contributed by atoms with Crippen molar-refractivity contribution in [2.24, 2.45) is 0 Å². The lowest BCUT2D eigenvalue weighted by atomic mass is 9.88. The van der Waals surface area contributed by atoms with Crippen LogP contribution in [-0.4, -0.2) is 70.7 Å². The van der Waals surface area contributed by atoms with E-state index in [2.05, 4.69) is 32.1 Å². The molecule has 3 heterocycles. The Morgan fingerprint density at radius 1 is 0.970 bits per heavy atom. The number of aromatic nitrogens is 5. The van der Waals surface area contributed by atoms with E-state index >= 15 is 8.78 Å². The average molecular weight is 1010 g/mol. The first-order valence-electron chi connectivity index (χ1n) is 20.1. The largest absolute Gasteiger partial charge is 0.435 e. The van der Waals surface area contributed by atoms with Crippen LogP contribution in [-0.2, 0) is 69.1 Å². The van der Waals surface area contributed by atoms with Gasteiger partial charge >= 0.3 is 12.4 Å². The number of rotatable bonds is 11. The number of nitrogens with one attached hydrogen (secondary N) is 2. The Kier molecular flexibility index (Phi) is 12.5. The molecule has 2 aliphatic rings. The lowest BCUT2D eigenvalue weighted by Gasteiger charge is -2.25. The number of nitrogens with zero attached hydrogens (tertiary/aromatic N) is 5. The maximum atomic E-state index is 15.4. The summed E-state index contributed by atoms with van der Waals surface area (Å²) in [7, 11) is -8.09. The summed E-state index contributed by atoms with van der Waals surface area (Å²) in [6.45, 7) is 0.677. The van der Waals surface area contributed by atoms with Gasteiger partial charge in [-0.15, -0.1) is 0 Å². The van der Waals surface area contributed by atoms with Gasteiger partial charge in [-0.2, -0.15) is 45.3 Å². The van der Waals surface area contributed by atoms with Gasteiger partial charge in [0.2, 0.25) is 15.9 Å². The zero-order chi connectivity index (χ0) is 49.6. The van der Waals surface area contributed by atoms with Gasteiger partial charge in [0.25, 0.3) is 5.92 Å². The standard InChI is InChI=1S/C42H38ClF10N7O5S2/c1-20-17-40(46,47)37-31(20)36(42(51,52)53)56-59(37)18-30(61)54-29(15-21-13-22(44)16-23(45)14-21)34-32(25-8-6-7-24(25)28(55-34)11-12-39(2,3)66(4,62)63)26-9-10-27(43)33-35(26)60(19-41(48,49)50)57-38(33)58-67(5,64)65/h9-10,13-14,16,20,29H,6-8,15,17-19H2,1-5H3,(H,54,61)(H,57,58)/t20-,29-/m0/s1. The van der Waals surface area contributed by atoms with Crippen LogP contribution in [0.2, 0.25) is 5.02 Å². The van der Waals surface area contributed by atoms with Gasteiger partial charge in [0, 0.05) is 35.4 Å². The molecule has 25 heteroatoms. The smallest absolute Gasteiger partial charge is 0.346 e. The van der Waals surface area contributed by atoms with Crippen molar-refractivity contribution < 1.29 is 65.5 Å². The van der Waals surface area contributed by atoms with Crippen LogP contribution in [0.5, 0.6) is 0 Å². The predicted octanol–water partition coefficient (Wildman–Crippen LogP) is 8.54. The number of fused-ring (bicyclic) bond motifs is 3. The lowest BCUT2D eigenvalue weighted by Crippen LogP contribution is -2.35. The number of halogens is 11. The molecule has 0 radical (unpaired) electrons. The van der Waals surface area contributed by atoms with Crippen molar-refractivity contribution >= 4 is 54.1 Å². The monoisotopic (exact) mass is 1010 g/mol. The average Bonchev–Trinajstić information content (AvgIpc) is 3.92. The third-order valence-corrected chi connectivity index (χ3v) is 14.2. The minimum atomic E-state index is -5.21. The molecule has 360 valence electrons. The molecular formula is C42H38ClF10N7O5S2. The molecule has 0 spiro atoms. The molecule has 67 heavy (non-hydrogen) atoms.